The first-order valence-corrected chi connectivity index (χ1v) is 5.01. The van der Waals surface area contributed by atoms with Crippen molar-refractivity contribution >= 4 is 0 Å². The van der Waals surface area contributed by atoms with E-state index >= 15 is 0 Å². The summed E-state index contributed by atoms with van der Waals surface area (Å²) in [5, 5.41) is 3.43. The summed E-state index contributed by atoms with van der Waals surface area (Å²) < 4.78 is 2.08. The van der Waals surface area contributed by atoms with Crippen LogP contribution < -0.4 is 5.32 Å². The van der Waals surface area contributed by atoms with Crippen LogP contribution in [0, 0.1) is 0 Å². The van der Waals surface area contributed by atoms with E-state index < -0.39 is 0 Å². The fourth-order valence-corrected chi connectivity index (χ4v) is 1.24. The van der Waals surface area contributed by atoms with Crippen molar-refractivity contribution in [3.8, 4) is 0 Å². The number of rotatable bonds is 5. The minimum Gasteiger partial charge on any atom is -0.336 e. The Hall–Kier alpha value is -1.09. The Morgan fingerprint density at radius 2 is 2.36 bits per heavy atom. The summed E-state index contributed by atoms with van der Waals surface area (Å²) in [5.74, 6) is 0. The third kappa shape index (κ3) is 4.23. The second-order valence-corrected chi connectivity index (χ2v) is 3.85. The highest BCUT2D eigenvalue weighted by Crippen LogP contribution is 1.92. The molecule has 0 aliphatic rings. The Labute approximate surface area is 85.8 Å². The molecule has 0 saturated carbocycles. The summed E-state index contributed by atoms with van der Waals surface area (Å²) in [7, 11) is 0. The zero-order chi connectivity index (χ0) is 10.4. The van der Waals surface area contributed by atoms with Crippen molar-refractivity contribution in [3.05, 3.63) is 30.4 Å². The largest absolute Gasteiger partial charge is 0.336 e. The van der Waals surface area contributed by atoms with Gasteiger partial charge in [0.05, 0.1) is 6.33 Å². The van der Waals surface area contributed by atoms with E-state index in [0.717, 1.165) is 13.1 Å². The first-order valence-electron chi connectivity index (χ1n) is 5.01. The van der Waals surface area contributed by atoms with Crippen molar-refractivity contribution in [3.63, 3.8) is 0 Å². The first kappa shape index (κ1) is 11.0. The molecule has 0 aromatic carbocycles. The van der Waals surface area contributed by atoms with Crippen molar-refractivity contribution in [2.45, 2.75) is 33.4 Å². The molecule has 0 aliphatic carbocycles. The Morgan fingerprint density at radius 1 is 1.57 bits per heavy atom. The maximum Gasteiger partial charge on any atom is 0.0946 e. The molecule has 1 atom stereocenters. The van der Waals surface area contributed by atoms with Crippen LogP contribution in [0.5, 0.6) is 0 Å². The smallest absolute Gasteiger partial charge is 0.0946 e. The van der Waals surface area contributed by atoms with Gasteiger partial charge in [-0.2, -0.15) is 0 Å². The van der Waals surface area contributed by atoms with Gasteiger partial charge < -0.3 is 9.88 Å². The maximum atomic E-state index is 4.01. The van der Waals surface area contributed by atoms with Gasteiger partial charge in [0, 0.05) is 31.5 Å². The molecule has 1 rings (SSSR count). The highest BCUT2D eigenvalue weighted by molar-refractivity contribution is 4.94. The Balaban J connectivity index is 2.23. The monoisotopic (exact) mass is 193 g/mol. The predicted octanol–water partition coefficient (Wildman–Crippen LogP) is 1.83. The van der Waals surface area contributed by atoms with Crippen LogP contribution >= 0.6 is 0 Å². The van der Waals surface area contributed by atoms with Gasteiger partial charge in [-0.05, 0) is 20.8 Å². The van der Waals surface area contributed by atoms with Crippen LogP contribution in [-0.2, 0) is 6.54 Å². The van der Waals surface area contributed by atoms with Crippen molar-refractivity contribution < 1.29 is 0 Å². The van der Waals surface area contributed by atoms with Gasteiger partial charge >= 0.3 is 0 Å². The van der Waals surface area contributed by atoms with Gasteiger partial charge in [-0.25, -0.2) is 4.98 Å². The average molecular weight is 193 g/mol. The molecule has 1 aromatic heterocycles. The van der Waals surface area contributed by atoms with Crippen LogP contribution in [0.4, 0.5) is 0 Å². The Bertz CT molecular complexity index is 271. The zero-order valence-corrected chi connectivity index (χ0v) is 9.20. The Morgan fingerprint density at radius 3 is 2.93 bits per heavy atom. The predicted molar refractivity (Wildman–Crippen MR) is 59.1 cm³/mol. The third-order valence-corrected chi connectivity index (χ3v) is 2.02. The van der Waals surface area contributed by atoms with Crippen LogP contribution in [0.2, 0.25) is 0 Å². The lowest BCUT2D eigenvalue weighted by molar-refractivity contribution is 0.498. The second kappa shape index (κ2) is 5.60. The SMILES string of the molecule is CC(C)=CCNC(C)Cn1ccnc1. The van der Waals surface area contributed by atoms with E-state index in [0.29, 0.717) is 6.04 Å². The molecule has 78 valence electrons. The molecular weight excluding hydrogens is 174 g/mol. The molecule has 0 bridgehead atoms. The van der Waals surface area contributed by atoms with Gasteiger partial charge in [-0.3, -0.25) is 0 Å². The molecule has 1 heterocycles. The standard InChI is InChI=1S/C11H19N3/c1-10(2)4-5-13-11(3)8-14-7-6-12-9-14/h4,6-7,9,11,13H,5,8H2,1-3H3. The molecule has 0 saturated heterocycles. The number of hydrogen-bond acceptors (Lipinski definition) is 2. The summed E-state index contributed by atoms with van der Waals surface area (Å²) in [4.78, 5) is 4.01. The van der Waals surface area contributed by atoms with E-state index in [1.54, 1.807) is 0 Å². The van der Waals surface area contributed by atoms with Crippen molar-refractivity contribution in [2.75, 3.05) is 6.54 Å². The molecule has 1 aromatic rings. The lowest BCUT2D eigenvalue weighted by Crippen LogP contribution is -2.30. The summed E-state index contributed by atoms with van der Waals surface area (Å²) in [5.41, 5.74) is 1.35. The maximum absolute atomic E-state index is 4.01. The van der Waals surface area contributed by atoms with E-state index in [1.165, 1.54) is 5.57 Å². The topological polar surface area (TPSA) is 29.9 Å². The second-order valence-electron chi connectivity index (χ2n) is 3.85. The summed E-state index contributed by atoms with van der Waals surface area (Å²) >= 11 is 0. The molecule has 0 radical (unpaired) electrons. The van der Waals surface area contributed by atoms with Crippen LogP contribution in [-0.4, -0.2) is 22.1 Å². The van der Waals surface area contributed by atoms with Crippen LogP contribution in [0.25, 0.3) is 0 Å². The summed E-state index contributed by atoms with van der Waals surface area (Å²) in [6, 6.07) is 0.472. The van der Waals surface area contributed by atoms with E-state index in [2.05, 4.69) is 41.7 Å². The van der Waals surface area contributed by atoms with Crippen molar-refractivity contribution in [2.24, 2.45) is 0 Å². The van der Waals surface area contributed by atoms with Crippen molar-refractivity contribution in [1.82, 2.24) is 14.9 Å². The number of nitrogens with zero attached hydrogens (tertiary/aromatic N) is 2. The quantitative estimate of drug-likeness (QED) is 0.723. The minimum atomic E-state index is 0.472. The Kier molecular flexibility index (Phi) is 4.40. The fourth-order valence-electron chi connectivity index (χ4n) is 1.24. The zero-order valence-electron chi connectivity index (χ0n) is 9.20. The molecule has 3 heteroatoms. The third-order valence-electron chi connectivity index (χ3n) is 2.02. The molecule has 1 N–H and O–H groups in total. The van der Waals surface area contributed by atoms with Gasteiger partial charge in [0.1, 0.15) is 0 Å². The van der Waals surface area contributed by atoms with Gasteiger partial charge in [0.25, 0.3) is 0 Å². The number of imidazole rings is 1. The first-order chi connectivity index (χ1) is 6.68. The molecule has 1 unspecified atom stereocenters. The lowest BCUT2D eigenvalue weighted by atomic mass is 10.3. The highest BCUT2D eigenvalue weighted by Gasteiger charge is 1.99. The number of allylic oxidation sites excluding steroid dienone is 1. The molecular formula is C11H19N3. The highest BCUT2D eigenvalue weighted by atomic mass is 15.1. The van der Waals surface area contributed by atoms with Crippen LogP contribution in [0.3, 0.4) is 0 Å². The van der Waals surface area contributed by atoms with Crippen molar-refractivity contribution in [1.29, 1.82) is 0 Å². The molecule has 3 nitrogen and oxygen atoms in total. The molecule has 0 spiro atoms. The van der Waals surface area contributed by atoms with Gasteiger partial charge in [0.2, 0.25) is 0 Å². The van der Waals surface area contributed by atoms with Crippen LogP contribution in [0.15, 0.2) is 30.4 Å². The summed E-state index contributed by atoms with van der Waals surface area (Å²) in [6.45, 7) is 8.32. The van der Waals surface area contributed by atoms with E-state index in [4.69, 9.17) is 0 Å². The fraction of sp³-hybridized carbons (Fsp3) is 0.545. The molecule has 14 heavy (non-hydrogen) atoms. The average Bonchev–Trinajstić information content (AvgIpc) is 2.56. The van der Waals surface area contributed by atoms with Gasteiger partial charge in [0.15, 0.2) is 0 Å². The molecule has 0 fully saturated rings. The minimum absolute atomic E-state index is 0.472. The summed E-state index contributed by atoms with van der Waals surface area (Å²) in [6.07, 6.45) is 7.84. The number of hydrogen-bond donors (Lipinski definition) is 1. The van der Waals surface area contributed by atoms with E-state index in [-0.39, 0.29) is 0 Å². The number of nitrogens with one attached hydrogen (secondary N) is 1. The van der Waals surface area contributed by atoms with E-state index in [9.17, 15) is 0 Å². The van der Waals surface area contributed by atoms with Gasteiger partial charge in [-0.15, -0.1) is 0 Å². The number of aromatic nitrogens is 2. The van der Waals surface area contributed by atoms with E-state index in [1.807, 2.05) is 18.7 Å². The normalized spacial score (nSPS) is 12.5. The molecule has 0 amide bonds. The van der Waals surface area contributed by atoms with Gasteiger partial charge in [-0.1, -0.05) is 11.6 Å². The lowest BCUT2D eigenvalue weighted by Gasteiger charge is -2.12. The molecule has 0 aliphatic heterocycles. The van der Waals surface area contributed by atoms with Crippen LogP contribution in [0.1, 0.15) is 20.8 Å².